The monoisotopic (exact) mass is 163 g/mol. The molecule has 0 aliphatic heterocycles. The molecule has 1 unspecified atom stereocenters. The van der Waals surface area contributed by atoms with Gasteiger partial charge in [0.2, 0.25) is 0 Å². The molecule has 0 amide bonds. The molecule has 0 bridgehead atoms. The number of rotatable bonds is 5. The SMILES string of the molecule is CCCCC(O)(CO)[N+](=O)[O-]. The number of hydrogen-bond donors (Lipinski definition) is 2. The van der Waals surface area contributed by atoms with Crippen molar-refractivity contribution in [2.45, 2.75) is 31.9 Å². The molecule has 0 saturated carbocycles. The van der Waals surface area contributed by atoms with Gasteiger partial charge in [0.25, 0.3) is 0 Å². The zero-order valence-electron chi connectivity index (χ0n) is 6.49. The first-order chi connectivity index (χ1) is 5.06. The van der Waals surface area contributed by atoms with Gasteiger partial charge in [-0.1, -0.05) is 13.3 Å². The summed E-state index contributed by atoms with van der Waals surface area (Å²) in [5, 5.41) is 27.7. The Morgan fingerprint density at radius 3 is 2.45 bits per heavy atom. The molecular weight excluding hydrogens is 150 g/mol. The molecule has 0 aromatic heterocycles. The molecule has 0 radical (unpaired) electrons. The first-order valence-corrected chi connectivity index (χ1v) is 3.54. The molecule has 2 N–H and O–H groups in total. The summed E-state index contributed by atoms with van der Waals surface area (Å²) in [5.41, 5.74) is -2.13. The van der Waals surface area contributed by atoms with Gasteiger partial charge in [-0.15, -0.1) is 0 Å². The smallest absolute Gasteiger partial charge is 0.345 e. The van der Waals surface area contributed by atoms with Gasteiger partial charge in [-0.3, -0.25) is 10.1 Å². The highest BCUT2D eigenvalue weighted by molar-refractivity contribution is 4.63. The van der Waals surface area contributed by atoms with Crippen molar-refractivity contribution in [3.63, 3.8) is 0 Å². The Kier molecular flexibility index (Phi) is 3.99. The summed E-state index contributed by atoms with van der Waals surface area (Å²) in [7, 11) is 0. The van der Waals surface area contributed by atoms with E-state index < -0.39 is 17.3 Å². The summed E-state index contributed by atoms with van der Waals surface area (Å²) in [4.78, 5) is 9.31. The van der Waals surface area contributed by atoms with Gasteiger partial charge in [0, 0.05) is 6.42 Å². The third-order valence-electron chi connectivity index (χ3n) is 1.52. The lowest BCUT2D eigenvalue weighted by Gasteiger charge is -2.15. The highest BCUT2D eigenvalue weighted by Gasteiger charge is 2.38. The molecule has 11 heavy (non-hydrogen) atoms. The maximum absolute atomic E-state index is 10.2. The molecule has 0 aromatic rings. The molecule has 0 aliphatic rings. The third-order valence-corrected chi connectivity index (χ3v) is 1.52. The van der Waals surface area contributed by atoms with E-state index in [4.69, 9.17) is 10.2 Å². The maximum Gasteiger partial charge on any atom is 0.345 e. The number of unbranched alkanes of at least 4 members (excludes halogenated alkanes) is 1. The molecule has 0 saturated heterocycles. The van der Waals surface area contributed by atoms with Crippen LogP contribution in [0.3, 0.4) is 0 Å². The molecule has 0 aromatic carbocycles. The van der Waals surface area contributed by atoms with Crippen molar-refractivity contribution >= 4 is 0 Å². The highest BCUT2D eigenvalue weighted by atomic mass is 16.7. The van der Waals surface area contributed by atoms with Crippen molar-refractivity contribution in [2.24, 2.45) is 0 Å². The number of aliphatic hydroxyl groups is 2. The van der Waals surface area contributed by atoms with E-state index in [-0.39, 0.29) is 6.42 Å². The topological polar surface area (TPSA) is 83.6 Å². The van der Waals surface area contributed by atoms with Crippen molar-refractivity contribution in [3.8, 4) is 0 Å². The second-order valence-corrected chi connectivity index (χ2v) is 2.50. The molecule has 5 heteroatoms. The molecule has 1 atom stereocenters. The van der Waals surface area contributed by atoms with E-state index in [1.54, 1.807) is 0 Å². The minimum Gasteiger partial charge on any atom is -0.386 e. The second kappa shape index (κ2) is 4.25. The molecule has 0 aliphatic carbocycles. The van der Waals surface area contributed by atoms with E-state index in [2.05, 4.69) is 0 Å². The van der Waals surface area contributed by atoms with Crippen molar-refractivity contribution in [2.75, 3.05) is 6.61 Å². The van der Waals surface area contributed by atoms with Gasteiger partial charge in [0.05, 0.1) is 4.92 Å². The standard InChI is InChI=1S/C6H13NO4/c1-2-3-4-6(9,5-8)7(10)11/h8-9H,2-5H2,1H3. The summed E-state index contributed by atoms with van der Waals surface area (Å²) in [5.74, 6) is 0. The summed E-state index contributed by atoms with van der Waals surface area (Å²) < 4.78 is 0. The lowest BCUT2D eigenvalue weighted by molar-refractivity contribution is -0.629. The molecule has 5 nitrogen and oxygen atoms in total. The average Bonchev–Trinajstić information content (AvgIpc) is 2.00. The van der Waals surface area contributed by atoms with Gasteiger partial charge >= 0.3 is 5.72 Å². The van der Waals surface area contributed by atoms with Crippen molar-refractivity contribution in [1.82, 2.24) is 0 Å². The lowest BCUT2D eigenvalue weighted by atomic mass is 10.1. The maximum atomic E-state index is 10.2. The predicted octanol–water partition coefficient (Wildman–Crippen LogP) is 0.134. The largest absolute Gasteiger partial charge is 0.386 e. The zero-order valence-corrected chi connectivity index (χ0v) is 6.49. The van der Waals surface area contributed by atoms with Crippen molar-refractivity contribution in [3.05, 3.63) is 10.1 Å². The van der Waals surface area contributed by atoms with E-state index >= 15 is 0 Å². The van der Waals surface area contributed by atoms with Gasteiger partial charge in [-0.25, -0.2) is 0 Å². The predicted molar refractivity (Wildman–Crippen MR) is 38.6 cm³/mol. The Morgan fingerprint density at radius 2 is 2.18 bits per heavy atom. The zero-order chi connectivity index (χ0) is 8.91. The van der Waals surface area contributed by atoms with E-state index in [0.29, 0.717) is 6.42 Å². The Labute approximate surface area is 64.8 Å². The average molecular weight is 163 g/mol. The number of aliphatic hydroxyl groups excluding tert-OH is 1. The van der Waals surface area contributed by atoms with Crippen molar-refractivity contribution < 1.29 is 15.1 Å². The van der Waals surface area contributed by atoms with E-state index in [1.165, 1.54) is 0 Å². The Morgan fingerprint density at radius 1 is 1.64 bits per heavy atom. The van der Waals surface area contributed by atoms with Gasteiger partial charge in [-0.05, 0) is 6.42 Å². The van der Waals surface area contributed by atoms with Crippen LogP contribution in [0.25, 0.3) is 0 Å². The molecule has 0 spiro atoms. The number of nitro groups is 1. The van der Waals surface area contributed by atoms with Crippen LogP contribution in [0.2, 0.25) is 0 Å². The van der Waals surface area contributed by atoms with Crippen LogP contribution < -0.4 is 0 Å². The van der Waals surface area contributed by atoms with Gasteiger partial charge < -0.3 is 10.2 Å². The van der Waals surface area contributed by atoms with Crippen LogP contribution in [0, 0.1) is 10.1 Å². The summed E-state index contributed by atoms with van der Waals surface area (Å²) in [6.45, 7) is 1.04. The Balaban J connectivity index is 3.99. The second-order valence-electron chi connectivity index (χ2n) is 2.50. The summed E-state index contributed by atoms with van der Waals surface area (Å²) in [6, 6.07) is 0. The van der Waals surface area contributed by atoms with E-state index in [9.17, 15) is 10.1 Å². The first-order valence-electron chi connectivity index (χ1n) is 3.54. The van der Waals surface area contributed by atoms with Gasteiger partial charge in [0.1, 0.15) is 6.61 Å². The van der Waals surface area contributed by atoms with Gasteiger partial charge in [0.15, 0.2) is 0 Å². The Bertz CT molecular complexity index is 139. The minimum atomic E-state index is -2.13. The fraction of sp³-hybridized carbons (Fsp3) is 1.00. The van der Waals surface area contributed by atoms with Crippen molar-refractivity contribution in [1.29, 1.82) is 0 Å². The minimum absolute atomic E-state index is 0.00694. The summed E-state index contributed by atoms with van der Waals surface area (Å²) in [6.07, 6.45) is 1.31. The summed E-state index contributed by atoms with van der Waals surface area (Å²) >= 11 is 0. The molecular formula is C6H13NO4. The van der Waals surface area contributed by atoms with Crippen LogP contribution >= 0.6 is 0 Å². The van der Waals surface area contributed by atoms with Crippen LogP contribution in [0.1, 0.15) is 26.2 Å². The van der Waals surface area contributed by atoms with E-state index in [1.807, 2.05) is 6.92 Å². The fourth-order valence-corrected chi connectivity index (χ4v) is 0.688. The molecule has 66 valence electrons. The van der Waals surface area contributed by atoms with Crippen LogP contribution in [0.15, 0.2) is 0 Å². The molecule has 0 fully saturated rings. The lowest BCUT2D eigenvalue weighted by Crippen LogP contribution is -2.41. The number of nitrogens with zero attached hydrogens (tertiary/aromatic N) is 1. The fourth-order valence-electron chi connectivity index (χ4n) is 0.688. The van der Waals surface area contributed by atoms with Crippen LogP contribution in [0.4, 0.5) is 0 Å². The van der Waals surface area contributed by atoms with Crippen LogP contribution in [-0.4, -0.2) is 27.5 Å². The molecule has 0 heterocycles. The normalized spacial score (nSPS) is 15.9. The van der Waals surface area contributed by atoms with Crippen LogP contribution in [0.5, 0.6) is 0 Å². The number of hydrogen-bond acceptors (Lipinski definition) is 4. The van der Waals surface area contributed by atoms with E-state index in [0.717, 1.165) is 6.42 Å². The highest BCUT2D eigenvalue weighted by Crippen LogP contribution is 2.13. The first kappa shape index (κ1) is 10.3. The quantitative estimate of drug-likeness (QED) is 0.343. The Hall–Kier alpha value is -0.680. The molecule has 0 rings (SSSR count). The van der Waals surface area contributed by atoms with Crippen LogP contribution in [-0.2, 0) is 0 Å². The van der Waals surface area contributed by atoms with Gasteiger partial charge in [-0.2, -0.15) is 0 Å². The third kappa shape index (κ3) is 2.81.